The SMILES string of the molecule is CCCCCCc1nc(N)nc2ccn(Cc3ccc(CC(=O)OCCCCN(C)C)cc3OC)c12. The number of methoxy groups -OCH3 is 1. The summed E-state index contributed by atoms with van der Waals surface area (Å²) >= 11 is 0. The molecular formula is C28H41N5O3. The highest BCUT2D eigenvalue weighted by Crippen LogP contribution is 2.26. The molecule has 196 valence electrons. The zero-order valence-corrected chi connectivity index (χ0v) is 22.3. The van der Waals surface area contributed by atoms with Gasteiger partial charge in [0.05, 0.1) is 43.4 Å². The second-order valence-electron chi connectivity index (χ2n) is 9.57. The van der Waals surface area contributed by atoms with Gasteiger partial charge in [0, 0.05) is 11.8 Å². The number of carbonyl (C=O) groups excluding carboxylic acids is 1. The fourth-order valence-corrected chi connectivity index (χ4v) is 4.38. The third-order valence-electron chi connectivity index (χ3n) is 6.27. The molecule has 0 aliphatic carbocycles. The first kappa shape index (κ1) is 27.5. The molecule has 0 atom stereocenters. The van der Waals surface area contributed by atoms with Crippen LogP contribution in [0.4, 0.5) is 5.95 Å². The molecule has 0 saturated heterocycles. The smallest absolute Gasteiger partial charge is 0.310 e. The van der Waals surface area contributed by atoms with Gasteiger partial charge in [-0.15, -0.1) is 0 Å². The Morgan fingerprint density at radius 1 is 1.08 bits per heavy atom. The predicted octanol–water partition coefficient (Wildman–Crippen LogP) is 4.62. The number of unbranched alkanes of at least 4 members (excludes halogenated alkanes) is 4. The van der Waals surface area contributed by atoms with Gasteiger partial charge in [0.15, 0.2) is 0 Å². The Kier molecular flexibility index (Phi) is 10.5. The van der Waals surface area contributed by atoms with E-state index in [1.165, 1.54) is 19.3 Å². The van der Waals surface area contributed by atoms with Crippen LogP contribution >= 0.6 is 0 Å². The Morgan fingerprint density at radius 2 is 1.92 bits per heavy atom. The molecule has 2 N–H and O–H groups in total. The van der Waals surface area contributed by atoms with Crippen LogP contribution < -0.4 is 10.5 Å². The summed E-state index contributed by atoms with van der Waals surface area (Å²) in [5.74, 6) is 0.847. The molecule has 0 fully saturated rings. The number of hydrogen-bond acceptors (Lipinski definition) is 7. The monoisotopic (exact) mass is 495 g/mol. The first-order valence-corrected chi connectivity index (χ1v) is 13.0. The van der Waals surface area contributed by atoms with Gasteiger partial charge in [-0.3, -0.25) is 4.79 Å². The number of benzene rings is 1. The van der Waals surface area contributed by atoms with Gasteiger partial charge in [-0.25, -0.2) is 9.97 Å². The van der Waals surface area contributed by atoms with E-state index in [4.69, 9.17) is 15.2 Å². The molecule has 0 radical (unpaired) electrons. The van der Waals surface area contributed by atoms with Gasteiger partial charge >= 0.3 is 5.97 Å². The van der Waals surface area contributed by atoms with E-state index < -0.39 is 0 Å². The van der Waals surface area contributed by atoms with Crippen LogP contribution in [0.2, 0.25) is 0 Å². The van der Waals surface area contributed by atoms with E-state index in [9.17, 15) is 4.79 Å². The number of nitrogens with zero attached hydrogens (tertiary/aromatic N) is 4. The van der Waals surface area contributed by atoms with Crippen LogP contribution in [0.15, 0.2) is 30.5 Å². The van der Waals surface area contributed by atoms with Crippen molar-refractivity contribution in [3.8, 4) is 5.75 Å². The van der Waals surface area contributed by atoms with Crippen molar-refractivity contribution in [2.75, 3.05) is 40.1 Å². The standard InChI is InChI=1S/C28H41N5O3/c1-5-6-7-8-11-23-27-24(31-28(29)30-23)14-16-33(27)20-22-13-12-21(18-25(22)35-4)19-26(34)36-17-10-9-15-32(2)3/h12-14,16,18H,5-11,15,17,19-20H2,1-4H3,(H2,29,30,31). The highest BCUT2D eigenvalue weighted by atomic mass is 16.5. The summed E-state index contributed by atoms with van der Waals surface area (Å²) < 4.78 is 13.2. The van der Waals surface area contributed by atoms with Crippen LogP contribution in [0.25, 0.3) is 11.0 Å². The van der Waals surface area contributed by atoms with Crippen molar-refractivity contribution in [3.63, 3.8) is 0 Å². The number of esters is 1. The summed E-state index contributed by atoms with van der Waals surface area (Å²) in [6, 6.07) is 7.90. The number of nitrogen functional groups attached to an aromatic ring is 1. The fourth-order valence-electron chi connectivity index (χ4n) is 4.38. The maximum atomic E-state index is 12.3. The highest BCUT2D eigenvalue weighted by molar-refractivity contribution is 5.79. The predicted molar refractivity (Wildman–Crippen MR) is 144 cm³/mol. The lowest BCUT2D eigenvalue weighted by Crippen LogP contribution is -2.14. The van der Waals surface area contributed by atoms with E-state index >= 15 is 0 Å². The van der Waals surface area contributed by atoms with Gasteiger partial charge in [-0.05, 0) is 64.0 Å². The lowest BCUT2D eigenvalue weighted by Gasteiger charge is -2.14. The van der Waals surface area contributed by atoms with Gasteiger partial charge in [0.1, 0.15) is 5.75 Å². The second-order valence-corrected chi connectivity index (χ2v) is 9.57. The van der Waals surface area contributed by atoms with Crippen LogP contribution in [-0.2, 0) is 28.9 Å². The van der Waals surface area contributed by atoms with Gasteiger partial charge in [-0.2, -0.15) is 0 Å². The summed E-state index contributed by atoms with van der Waals surface area (Å²) in [6.45, 7) is 4.27. The molecule has 0 aliphatic heterocycles. The van der Waals surface area contributed by atoms with E-state index in [0.717, 1.165) is 65.8 Å². The lowest BCUT2D eigenvalue weighted by molar-refractivity contribution is -0.142. The average molecular weight is 496 g/mol. The number of anilines is 1. The van der Waals surface area contributed by atoms with E-state index in [1.54, 1.807) is 7.11 Å². The van der Waals surface area contributed by atoms with Gasteiger partial charge in [-0.1, -0.05) is 38.3 Å². The molecule has 0 unspecified atom stereocenters. The maximum Gasteiger partial charge on any atom is 0.310 e. The van der Waals surface area contributed by atoms with Gasteiger partial charge in [0.25, 0.3) is 0 Å². The van der Waals surface area contributed by atoms with Crippen LogP contribution in [0, 0.1) is 0 Å². The number of nitrogens with two attached hydrogens (primary N) is 1. The van der Waals surface area contributed by atoms with Crippen LogP contribution in [-0.4, -0.2) is 59.8 Å². The Bertz CT molecular complexity index is 1130. The van der Waals surface area contributed by atoms with Gasteiger partial charge in [0.2, 0.25) is 5.95 Å². The second kappa shape index (κ2) is 13.8. The van der Waals surface area contributed by atoms with Crippen molar-refractivity contribution in [3.05, 3.63) is 47.3 Å². The first-order valence-electron chi connectivity index (χ1n) is 13.0. The van der Waals surface area contributed by atoms with Crippen molar-refractivity contribution >= 4 is 23.0 Å². The molecule has 8 nitrogen and oxygen atoms in total. The number of aromatic nitrogens is 3. The third kappa shape index (κ3) is 7.95. The third-order valence-corrected chi connectivity index (χ3v) is 6.27. The van der Waals surface area contributed by atoms with E-state index in [2.05, 4.69) is 26.4 Å². The van der Waals surface area contributed by atoms with Crippen LogP contribution in [0.1, 0.15) is 62.3 Å². The zero-order valence-electron chi connectivity index (χ0n) is 22.3. The normalized spacial score (nSPS) is 11.4. The molecule has 0 spiro atoms. The molecule has 2 aromatic heterocycles. The number of rotatable bonds is 15. The molecule has 0 saturated carbocycles. The molecule has 36 heavy (non-hydrogen) atoms. The minimum atomic E-state index is -0.214. The van der Waals surface area contributed by atoms with E-state index in [0.29, 0.717) is 19.1 Å². The van der Waals surface area contributed by atoms with Crippen LogP contribution in [0.3, 0.4) is 0 Å². The molecular weight excluding hydrogens is 454 g/mol. The Hall–Kier alpha value is -3.13. The molecule has 8 heteroatoms. The molecule has 3 aromatic rings. The minimum Gasteiger partial charge on any atom is -0.496 e. The quantitative estimate of drug-likeness (QED) is 0.243. The lowest BCUT2D eigenvalue weighted by atomic mass is 10.1. The Balaban J connectivity index is 1.68. The number of fused-ring (bicyclic) bond motifs is 1. The van der Waals surface area contributed by atoms with Crippen molar-refractivity contribution in [1.29, 1.82) is 0 Å². The van der Waals surface area contributed by atoms with Crippen molar-refractivity contribution < 1.29 is 14.3 Å². The topological polar surface area (TPSA) is 95.5 Å². The molecule has 0 aliphatic rings. The Morgan fingerprint density at radius 3 is 2.67 bits per heavy atom. The van der Waals surface area contributed by atoms with Crippen LogP contribution in [0.5, 0.6) is 5.75 Å². The zero-order chi connectivity index (χ0) is 25.9. The number of ether oxygens (including phenoxy) is 2. The summed E-state index contributed by atoms with van der Waals surface area (Å²) in [5, 5.41) is 0. The van der Waals surface area contributed by atoms with Crippen molar-refractivity contribution in [2.24, 2.45) is 0 Å². The summed E-state index contributed by atoms with van der Waals surface area (Å²) in [7, 11) is 5.74. The van der Waals surface area contributed by atoms with E-state index in [-0.39, 0.29) is 12.4 Å². The summed E-state index contributed by atoms with van der Waals surface area (Å²) in [5.41, 5.74) is 10.7. The molecule has 3 rings (SSSR count). The largest absolute Gasteiger partial charge is 0.496 e. The van der Waals surface area contributed by atoms with Crippen molar-refractivity contribution in [2.45, 2.75) is 64.8 Å². The number of carbonyl (C=O) groups is 1. The molecule has 0 amide bonds. The summed E-state index contributed by atoms with van der Waals surface area (Å²) in [6.07, 6.45) is 9.68. The summed E-state index contributed by atoms with van der Waals surface area (Å²) in [4.78, 5) is 23.4. The average Bonchev–Trinajstić information content (AvgIpc) is 3.24. The highest BCUT2D eigenvalue weighted by Gasteiger charge is 2.14. The minimum absolute atomic E-state index is 0.214. The van der Waals surface area contributed by atoms with Crippen molar-refractivity contribution in [1.82, 2.24) is 19.4 Å². The first-order chi connectivity index (χ1) is 17.4. The molecule has 1 aromatic carbocycles. The fraction of sp³-hybridized carbons (Fsp3) is 0.536. The Labute approximate surface area is 214 Å². The number of hydrogen-bond donors (Lipinski definition) is 1. The maximum absolute atomic E-state index is 12.3. The van der Waals surface area contributed by atoms with Gasteiger partial charge < -0.3 is 24.7 Å². The van der Waals surface area contributed by atoms with E-state index in [1.807, 2.05) is 44.6 Å². The molecule has 0 bridgehead atoms. The number of aryl methyl sites for hydroxylation is 1. The molecule has 2 heterocycles.